The molecule has 0 amide bonds. The molecule has 0 bridgehead atoms. The Balaban J connectivity index is 2.82. The summed E-state index contributed by atoms with van der Waals surface area (Å²) in [4.78, 5) is 10.9. The molecule has 1 rings (SSSR count). The molecule has 0 heterocycles. The molecule has 0 unspecified atom stereocenters. The van der Waals surface area contributed by atoms with Crippen LogP contribution in [-0.2, 0) is 14.8 Å². The SMILES string of the molecule is Cc1ccc(S(=O)(=O)NCCOC(C)C)cc1C(=O)O. The molecular formula is C13H19NO5S. The van der Waals surface area contributed by atoms with E-state index in [0.717, 1.165) is 6.07 Å². The van der Waals surface area contributed by atoms with Gasteiger partial charge in [-0.15, -0.1) is 0 Å². The molecule has 20 heavy (non-hydrogen) atoms. The number of ether oxygens (including phenoxy) is 1. The van der Waals surface area contributed by atoms with Gasteiger partial charge in [-0.1, -0.05) is 6.07 Å². The fourth-order valence-corrected chi connectivity index (χ4v) is 2.59. The van der Waals surface area contributed by atoms with Crippen molar-refractivity contribution in [2.45, 2.75) is 31.8 Å². The lowest BCUT2D eigenvalue weighted by Crippen LogP contribution is -2.28. The molecule has 7 heteroatoms. The minimum Gasteiger partial charge on any atom is -0.478 e. The molecule has 0 saturated carbocycles. The normalized spacial score (nSPS) is 11.8. The fourth-order valence-electron chi connectivity index (χ4n) is 1.55. The average Bonchev–Trinajstić information content (AvgIpc) is 2.34. The molecule has 6 nitrogen and oxygen atoms in total. The summed E-state index contributed by atoms with van der Waals surface area (Å²) in [5.41, 5.74) is 0.492. The van der Waals surface area contributed by atoms with E-state index in [0.29, 0.717) is 5.56 Å². The fraction of sp³-hybridized carbons (Fsp3) is 0.462. The van der Waals surface area contributed by atoms with Gasteiger partial charge in [-0.05, 0) is 38.5 Å². The van der Waals surface area contributed by atoms with Crippen molar-refractivity contribution in [2.75, 3.05) is 13.2 Å². The second-order valence-corrected chi connectivity index (χ2v) is 6.37. The molecule has 0 fully saturated rings. The lowest BCUT2D eigenvalue weighted by atomic mass is 10.1. The first-order valence-corrected chi connectivity index (χ1v) is 7.67. The van der Waals surface area contributed by atoms with Crippen LogP contribution in [0.1, 0.15) is 29.8 Å². The Kier molecular flexibility index (Phi) is 5.67. The Bertz CT molecular complexity index is 580. The summed E-state index contributed by atoms with van der Waals surface area (Å²) in [6.07, 6.45) is 0.0255. The van der Waals surface area contributed by atoms with Crippen LogP contribution >= 0.6 is 0 Å². The van der Waals surface area contributed by atoms with Crippen molar-refractivity contribution in [3.05, 3.63) is 29.3 Å². The summed E-state index contributed by atoms with van der Waals surface area (Å²) in [5.74, 6) is -1.15. The highest BCUT2D eigenvalue weighted by Gasteiger charge is 2.17. The van der Waals surface area contributed by atoms with Crippen LogP contribution in [0.2, 0.25) is 0 Å². The number of carbonyl (C=O) groups is 1. The van der Waals surface area contributed by atoms with E-state index >= 15 is 0 Å². The minimum atomic E-state index is -3.72. The highest BCUT2D eigenvalue weighted by atomic mass is 32.2. The van der Waals surface area contributed by atoms with Crippen molar-refractivity contribution in [3.63, 3.8) is 0 Å². The molecule has 0 aliphatic carbocycles. The molecule has 1 aromatic carbocycles. The third-order valence-corrected chi connectivity index (χ3v) is 4.05. The Morgan fingerprint density at radius 2 is 2.05 bits per heavy atom. The van der Waals surface area contributed by atoms with Gasteiger partial charge in [0.2, 0.25) is 10.0 Å². The molecule has 0 aliphatic heterocycles. The number of aromatic carboxylic acids is 1. The maximum atomic E-state index is 12.0. The van der Waals surface area contributed by atoms with Crippen LogP contribution < -0.4 is 4.72 Å². The van der Waals surface area contributed by atoms with Crippen LogP contribution in [0.15, 0.2) is 23.1 Å². The van der Waals surface area contributed by atoms with Crippen LogP contribution in [0, 0.1) is 6.92 Å². The number of rotatable bonds is 7. The van der Waals surface area contributed by atoms with Crippen molar-refractivity contribution in [2.24, 2.45) is 0 Å². The van der Waals surface area contributed by atoms with Gasteiger partial charge in [0.15, 0.2) is 0 Å². The molecule has 112 valence electrons. The van der Waals surface area contributed by atoms with Crippen LogP contribution in [0.4, 0.5) is 0 Å². The molecule has 0 aliphatic rings. The number of hydrogen-bond donors (Lipinski definition) is 2. The van der Waals surface area contributed by atoms with Crippen LogP contribution in [0.25, 0.3) is 0 Å². The van der Waals surface area contributed by atoms with Crippen LogP contribution in [-0.4, -0.2) is 38.7 Å². The Hall–Kier alpha value is -1.44. The number of carboxylic acids is 1. The molecular weight excluding hydrogens is 282 g/mol. The predicted octanol–water partition coefficient (Wildman–Crippen LogP) is 1.40. The summed E-state index contributed by atoms with van der Waals surface area (Å²) in [7, 11) is -3.72. The van der Waals surface area contributed by atoms with Gasteiger partial charge >= 0.3 is 5.97 Å². The standard InChI is InChI=1S/C13H19NO5S/c1-9(2)19-7-6-14-20(17,18)11-5-4-10(3)12(8-11)13(15)16/h4-5,8-9,14H,6-7H2,1-3H3,(H,15,16). The number of nitrogens with one attached hydrogen (secondary N) is 1. The Morgan fingerprint density at radius 1 is 1.40 bits per heavy atom. The molecule has 0 atom stereocenters. The van der Waals surface area contributed by atoms with Gasteiger partial charge in [0, 0.05) is 6.54 Å². The van der Waals surface area contributed by atoms with Gasteiger partial charge < -0.3 is 9.84 Å². The van der Waals surface area contributed by atoms with E-state index in [1.807, 2.05) is 13.8 Å². The Morgan fingerprint density at radius 3 is 2.60 bits per heavy atom. The zero-order chi connectivity index (χ0) is 15.3. The third-order valence-electron chi connectivity index (χ3n) is 2.60. The van der Waals surface area contributed by atoms with Gasteiger partial charge in [-0.25, -0.2) is 17.9 Å². The van der Waals surface area contributed by atoms with E-state index in [1.54, 1.807) is 6.92 Å². The van der Waals surface area contributed by atoms with Crippen molar-refractivity contribution in [1.82, 2.24) is 4.72 Å². The van der Waals surface area contributed by atoms with Gasteiger partial charge in [0.1, 0.15) is 0 Å². The summed E-state index contributed by atoms with van der Waals surface area (Å²) < 4.78 is 31.6. The smallest absolute Gasteiger partial charge is 0.335 e. The summed E-state index contributed by atoms with van der Waals surface area (Å²) in [6, 6.07) is 4.01. The quantitative estimate of drug-likeness (QED) is 0.743. The van der Waals surface area contributed by atoms with E-state index in [1.165, 1.54) is 12.1 Å². The van der Waals surface area contributed by atoms with E-state index in [9.17, 15) is 13.2 Å². The number of carboxylic acid groups (broad SMARTS) is 1. The largest absolute Gasteiger partial charge is 0.478 e. The first-order valence-electron chi connectivity index (χ1n) is 6.19. The number of hydrogen-bond acceptors (Lipinski definition) is 4. The maximum Gasteiger partial charge on any atom is 0.335 e. The lowest BCUT2D eigenvalue weighted by Gasteiger charge is -2.10. The van der Waals surface area contributed by atoms with Crippen molar-refractivity contribution >= 4 is 16.0 Å². The summed E-state index contributed by atoms with van der Waals surface area (Å²) in [5, 5.41) is 9.00. The molecule has 0 aromatic heterocycles. The minimum absolute atomic E-state index is 0.0219. The van der Waals surface area contributed by atoms with E-state index in [4.69, 9.17) is 9.84 Å². The number of benzene rings is 1. The summed E-state index contributed by atoms with van der Waals surface area (Å²) in [6.45, 7) is 5.72. The van der Waals surface area contributed by atoms with E-state index in [2.05, 4.69) is 4.72 Å². The predicted molar refractivity (Wildman–Crippen MR) is 74.4 cm³/mol. The first-order chi connectivity index (χ1) is 9.24. The molecule has 0 spiro atoms. The zero-order valence-corrected chi connectivity index (χ0v) is 12.5. The maximum absolute atomic E-state index is 12.0. The van der Waals surface area contributed by atoms with Gasteiger partial charge in [0.05, 0.1) is 23.2 Å². The third kappa shape index (κ3) is 4.59. The number of sulfonamides is 1. The van der Waals surface area contributed by atoms with Gasteiger partial charge in [-0.3, -0.25) is 0 Å². The van der Waals surface area contributed by atoms with Crippen LogP contribution in [0.5, 0.6) is 0 Å². The van der Waals surface area contributed by atoms with Crippen molar-refractivity contribution < 1.29 is 23.1 Å². The molecule has 0 radical (unpaired) electrons. The molecule has 1 aromatic rings. The highest BCUT2D eigenvalue weighted by Crippen LogP contribution is 2.15. The van der Waals surface area contributed by atoms with Gasteiger partial charge in [-0.2, -0.15) is 0 Å². The summed E-state index contributed by atoms with van der Waals surface area (Å²) >= 11 is 0. The second-order valence-electron chi connectivity index (χ2n) is 4.60. The topological polar surface area (TPSA) is 92.7 Å². The Labute approximate surface area is 118 Å². The van der Waals surface area contributed by atoms with Crippen molar-refractivity contribution in [1.29, 1.82) is 0 Å². The van der Waals surface area contributed by atoms with Crippen LogP contribution in [0.3, 0.4) is 0 Å². The monoisotopic (exact) mass is 301 g/mol. The second kappa shape index (κ2) is 6.83. The van der Waals surface area contributed by atoms with Crippen molar-refractivity contribution in [3.8, 4) is 0 Å². The highest BCUT2D eigenvalue weighted by molar-refractivity contribution is 7.89. The lowest BCUT2D eigenvalue weighted by molar-refractivity contribution is 0.0695. The average molecular weight is 301 g/mol. The van der Waals surface area contributed by atoms with Gasteiger partial charge in [0.25, 0.3) is 0 Å². The number of aryl methyl sites for hydroxylation is 1. The van der Waals surface area contributed by atoms with E-state index in [-0.39, 0.29) is 29.7 Å². The molecule has 2 N–H and O–H groups in total. The zero-order valence-electron chi connectivity index (χ0n) is 11.7. The molecule has 0 saturated heterocycles. The van der Waals surface area contributed by atoms with E-state index < -0.39 is 16.0 Å². The first kappa shape index (κ1) is 16.6.